The number of piperazine rings is 1. The fourth-order valence-corrected chi connectivity index (χ4v) is 5.43. The smallest absolute Gasteiger partial charge is 0.240 e. The number of hydrogen-bond acceptors (Lipinski definition) is 4. The summed E-state index contributed by atoms with van der Waals surface area (Å²) in [5.41, 5.74) is 15.5. The van der Waals surface area contributed by atoms with Crippen molar-refractivity contribution in [3.8, 4) is 0 Å². The number of aryl methyl sites for hydroxylation is 1. The minimum absolute atomic E-state index is 0.0210. The van der Waals surface area contributed by atoms with Gasteiger partial charge in [-0.15, -0.1) is 0 Å². The summed E-state index contributed by atoms with van der Waals surface area (Å²) in [7, 11) is 0. The van der Waals surface area contributed by atoms with E-state index in [-0.39, 0.29) is 24.0 Å². The van der Waals surface area contributed by atoms with Crippen molar-refractivity contribution >= 4 is 22.6 Å². The topological polar surface area (TPSA) is 111 Å². The summed E-state index contributed by atoms with van der Waals surface area (Å²) in [4.78, 5) is 18.1. The van der Waals surface area contributed by atoms with Crippen molar-refractivity contribution in [2.45, 2.75) is 57.7 Å². The summed E-state index contributed by atoms with van der Waals surface area (Å²) in [5.74, 6) is 0.00321. The van der Waals surface area contributed by atoms with Gasteiger partial charge in [-0.2, -0.15) is 0 Å². The average molecular weight is 515 g/mol. The van der Waals surface area contributed by atoms with Crippen LogP contribution in [0.2, 0.25) is 0 Å². The summed E-state index contributed by atoms with van der Waals surface area (Å²) in [6.07, 6.45) is 3.17. The quantitative estimate of drug-likeness (QED) is 0.188. The lowest BCUT2D eigenvalue weighted by atomic mass is 9.98. The highest BCUT2D eigenvalue weighted by Gasteiger charge is 2.35. The molecule has 7 heteroatoms. The van der Waals surface area contributed by atoms with E-state index in [2.05, 4.69) is 90.8 Å². The molecule has 0 aromatic heterocycles. The zero-order valence-electron chi connectivity index (χ0n) is 22.7. The molecule has 0 radical (unpaired) electrons. The Morgan fingerprint density at radius 2 is 1.76 bits per heavy atom. The number of carbonyl (C=O) groups excluding carboxylic acids is 1. The molecule has 0 spiro atoms. The van der Waals surface area contributed by atoms with E-state index in [1.807, 2.05) is 4.90 Å². The SMILES string of the molecule is Cc1ccc(C[C@@H](N)C(=O)N2C[C@@H](C)N(CCc3ccc4ccccc4c3)C[C@@H]2CCCNC(=N)N)cc1. The highest BCUT2D eigenvalue weighted by molar-refractivity contribution is 5.83. The first-order valence-corrected chi connectivity index (χ1v) is 13.7. The maximum atomic E-state index is 13.6. The lowest BCUT2D eigenvalue weighted by Crippen LogP contribution is -2.62. The van der Waals surface area contributed by atoms with Crippen LogP contribution in [0.1, 0.15) is 36.5 Å². The molecule has 3 aromatic rings. The molecule has 1 aliphatic heterocycles. The maximum Gasteiger partial charge on any atom is 0.240 e. The molecule has 1 heterocycles. The van der Waals surface area contributed by atoms with Crippen LogP contribution in [0, 0.1) is 12.3 Å². The Morgan fingerprint density at radius 3 is 2.50 bits per heavy atom. The molecule has 7 nitrogen and oxygen atoms in total. The lowest BCUT2D eigenvalue weighted by molar-refractivity contribution is -0.139. The minimum atomic E-state index is -0.563. The molecule has 1 fully saturated rings. The first-order valence-electron chi connectivity index (χ1n) is 13.7. The van der Waals surface area contributed by atoms with E-state index in [0.29, 0.717) is 19.5 Å². The van der Waals surface area contributed by atoms with Crippen LogP contribution in [0.4, 0.5) is 0 Å². The highest BCUT2D eigenvalue weighted by Crippen LogP contribution is 2.22. The minimum Gasteiger partial charge on any atom is -0.370 e. The molecule has 0 unspecified atom stereocenters. The Balaban J connectivity index is 1.41. The second kappa shape index (κ2) is 12.9. The van der Waals surface area contributed by atoms with Gasteiger partial charge in [-0.25, -0.2) is 0 Å². The summed E-state index contributed by atoms with van der Waals surface area (Å²) in [5, 5.41) is 12.8. The van der Waals surface area contributed by atoms with Crippen LogP contribution in [0.25, 0.3) is 10.8 Å². The molecule has 3 aromatic carbocycles. The molecule has 1 aliphatic rings. The summed E-state index contributed by atoms with van der Waals surface area (Å²) in [6.45, 7) is 7.32. The Hall–Kier alpha value is -3.42. The van der Waals surface area contributed by atoms with Gasteiger partial charge in [0.1, 0.15) is 0 Å². The third kappa shape index (κ3) is 7.33. The zero-order valence-corrected chi connectivity index (χ0v) is 22.7. The van der Waals surface area contributed by atoms with Crippen LogP contribution in [-0.4, -0.2) is 66.0 Å². The predicted octanol–water partition coefficient (Wildman–Crippen LogP) is 3.43. The number of nitrogens with zero attached hydrogens (tertiary/aromatic N) is 2. The lowest BCUT2D eigenvalue weighted by Gasteiger charge is -2.46. The predicted molar refractivity (Wildman–Crippen MR) is 156 cm³/mol. The first kappa shape index (κ1) is 27.6. The van der Waals surface area contributed by atoms with Crippen LogP contribution < -0.4 is 16.8 Å². The number of hydrogen-bond donors (Lipinski definition) is 4. The molecule has 4 rings (SSSR count). The van der Waals surface area contributed by atoms with E-state index in [1.54, 1.807) is 0 Å². The number of rotatable bonds is 10. The molecule has 38 heavy (non-hydrogen) atoms. The van der Waals surface area contributed by atoms with Gasteiger partial charge in [0.25, 0.3) is 0 Å². The van der Waals surface area contributed by atoms with Crippen molar-refractivity contribution in [2.75, 3.05) is 26.2 Å². The normalized spacial score (nSPS) is 18.9. The van der Waals surface area contributed by atoms with Gasteiger partial charge in [-0.05, 0) is 61.4 Å². The number of amides is 1. The van der Waals surface area contributed by atoms with E-state index < -0.39 is 6.04 Å². The molecule has 0 aliphatic carbocycles. The monoisotopic (exact) mass is 514 g/mol. The summed E-state index contributed by atoms with van der Waals surface area (Å²) in [6, 6.07) is 23.2. The molecule has 0 bridgehead atoms. The van der Waals surface area contributed by atoms with E-state index in [4.69, 9.17) is 16.9 Å². The van der Waals surface area contributed by atoms with Crippen molar-refractivity contribution in [3.63, 3.8) is 0 Å². The highest BCUT2D eigenvalue weighted by atomic mass is 16.2. The standard InChI is InChI=1S/C31H42N6O/c1-22-9-11-24(12-10-22)19-29(32)30(38)37-20-23(2)36(21-28(37)8-5-16-35-31(33)34)17-15-25-13-14-26-6-3-4-7-27(26)18-25/h3-4,6-7,9-14,18,23,28-29H,5,8,15-17,19-21,32H2,1-2H3,(H4,33,34,35)/t23-,28+,29-/m1/s1. The average Bonchev–Trinajstić information content (AvgIpc) is 2.91. The van der Waals surface area contributed by atoms with Crippen molar-refractivity contribution in [1.29, 1.82) is 5.41 Å². The maximum absolute atomic E-state index is 13.6. The zero-order chi connectivity index (χ0) is 27.1. The van der Waals surface area contributed by atoms with E-state index in [0.717, 1.165) is 37.9 Å². The number of carbonyl (C=O) groups is 1. The third-order valence-electron chi connectivity index (χ3n) is 7.68. The Morgan fingerprint density at radius 1 is 1.05 bits per heavy atom. The van der Waals surface area contributed by atoms with Gasteiger partial charge >= 0.3 is 0 Å². The second-order valence-corrected chi connectivity index (χ2v) is 10.7. The van der Waals surface area contributed by atoms with Crippen molar-refractivity contribution in [1.82, 2.24) is 15.1 Å². The van der Waals surface area contributed by atoms with E-state index in [1.165, 1.54) is 21.9 Å². The second-order valence-electron chi connectivity index (χ2n) is 10.7. The Bertz CT molecular complexity index is 1230. The van der Waals surface area contributed by atoms with Gasteiger partial charge in [0.05, 0.1) is 6.04 Å². The van der Waals surface area contributed by atoms with Gasteiger partial charge in [0.15, 0.2) is 5.96 Å². The van der Waals surface area contributed by atoms with Crippen LogP contribution in [0.5, 0.6) is 0 Å². The van der Waals surface area contributed by atoms with Crippen molar-refractivity contribution in [2.24, 2.45) is 11.5 Å². The Kier molecular flexibility index (Phi) is 9.37. The molecule has 6 N–H and O–H groups in total. The third-order valence-corrected chi connectivity index (χ3v) is 7.68. The summed E-state index contributed by atoms with van der Waals surface area (Å²) < 4.78 is 0. The van der Waals surface area contributed by atoms with Gasteiger partial charge in [0.2, 0.25) is 5.91 Å². The number of guanidine groups is 1. The first-order chi connectivity index (χ1) is 18.3. The molecular weight excluding hydrogens is 472 g/mol. The molecular formula is C31H42N6O. The number of nitrogens with two attached hydrogens (primary N) is 2. The number of benzene rings is 3. The number of fused-ring (bicyclic) bond motifs is 1. The largest absolute Gasteiger partial charge is 0.370 e. The molecule has 0 saturated carbocycles. The van der Waals surface area contributed by atoms with Gasteiger partial charge in [-0.1, -0.05) is 72.3 Å². The van der Waals surface area contributed by atoms with Gasteiger partial charge in [-0.3, -0.25) is 15.1 Å². The van der Waals surface area contributed by atoms with Gasteiger partial charge < -0.3 is 21.7 Å². The van der Waals surface area contributed by atoms with Crippen LogP contribution in [-0.2, 0) is 17.6 Å². The fraction of sp³-hybridized carbons (Fsp3) is 0.419. The molecule has 1 saturated heterocycles. The van der Waals surface area contributed by atoms with Crippen molar-refractivity contribution < 1.29 is 4.79 Å². The van der Waals surface area contributed by atoms with E-state index >= 15 is 0 Å². The fourth-order valence-electron chi connectivity index (χ4n) is 5.43. The van der Waals surface area contributed by atoms with Crippen LogP contribution >= 0.6 is 0 Å². The molecule has 1 amide bonds. The summed E-state index contributed by atoms with van der Waals surface area (Å²) >= 11 is 0. The van der Waals surface area contributed by atoms with Crippen molar-refractivity contribution in [3.05, 3.63) is 83.4 Å². The van der Waals surface area contributed by atoms with E-state index in [9.17, 15) is 4.79 Å². The van der Waals surface area contributed by atoms with Gasteiger partial charge in [0, 0.05) is 38.3 Å². The molecule has 3 atom stereocenters. The van der Waals surface area contributed by atoms with Crippen LogP contribution in [0.15, 0.2) is 66.7 Å². The Labute approximate surface area is 226 Å². The number of nitrogens with one attached hydrogen (secondary N) is 2. The molecule has 202 valence electrons. The van der Waals surface area contributed by atoms with Crippen LogP contribution in [0.3, 0.4) is 0 Å².